The Balaban J connectivity index is 1.43. The van der Waals surface area contributed by atoms with Crippen LogP contribution in [0.5, 0.6) is 5.75 Å². The summed E-state index contributed by atoms with van der Waals surface area (Å²) in [6.07, 6.45) is -3.46. The van der Waals surface area contributed by atoms with Crippen LogP contribution in [-0.2, 0) is 21.2 Å². The largest absolute Gasteiger partial charge is 0.573 e. The van der Waals surface area contributed by atoms with Gasteiger partial charge in [0.05, 0.1) is 6.04 Å². The van der Waals surface area contributed by atoms with Gasteiger partial charge in [-0.15, -0.1) is 13.2 Å². The van der Waals surface area contributed by atoms with Gasteiger partial charge in [0, 0.05) is 24.4 Å². The fourth-order valence-electron chi connectivity index (χ4n) is 3.84. The highest BCUT2D eigenvalue weighted by molar-refractivity contribution is 7.89. The smallest absolute Gasteiger partial charge is 0.443 e. The molecule has 1 atom stereocenters. The highest BCUT2D eigenvalue weighted by Crippen LogP contribution is 2.31. The van der Waals surface area contributed by atoms with Crippen molar-refractivity contribution < 1.29 is 35.5 Å². The fraction of sp³-hybridized carbons (Fsp3) is 0.318. The quantitative estimate of drug-likeness (QED) is 0.504. The van der Waals surface area contributed by atoms with Crippen molar-refractivity contribution in [3.8, 4) is 5.75 Å². The van der Waals surface area contributed by atoms with Gasteiger partial charge in [-0.05, 0) is 43.0 Å². The second-order valence-electron chi connectivity index (χ2n) is 7.54. The number of ether oxygens (including phenoxy) is 1. The van der Waals surface area contributed by atoms with Gasteiger partial charge in [-0.3, -0.25) is 4.79 Å². The maximum Gasteiger partial charge on any atom is 0.573 e. The minimum absolute atomic E-state index is 0.0658. The highest BCUT2D eigenvalue weighted by Gasteiger charge is 2.40. The number of Topliss-reactive ketones (excluding diaryl/α,β-unsaturated/α-hetero) is 1. The molecule has 0 aliphatic carbocycles. The Morgan fingerprint density at radius 2 is 1.84 bits per heavy atom. The maximum atomic E-state index is 13.1. The van der Waals surface area contributed by atoms with Crippen LogP contribution in [0.25, 0.3) is 11.0 Å². The van der Waals surface area contributed by atoms with E-state index < -0.39 is 22.4 Å². The molecule has 1 fully saturated rings. The molecule has 0 unspecified atom stereocenters. The molecule has 3 aromatic rings. The first-order valence-electron chi connectivity index (χ1n) is 10.0. The van der Waals surface area contributed by atoms with Crippen molar-refractivity contribution in [1.29, 1.82) is 0 Å². The van der Waals surface area contributed by atoms with Crippen molar-refractivity contribution in [1.82, 2.24) is 4.31 Å². The van der Waals surface area contributed by atoms with E-state index in [2.05, 4.69) is 4.74 Å². The Bertz CT molecular complexity index is 1190. The third kappa shape index (κ3) is 4.81. The summed E-state index contributed by atoms with van der Waals surface area (Å²) >= 11 is 0. The van der Waals surface area contributed by atoms with Crippen LogP contribution in [0.15, 0.2) is 64.1 Å². The zero-order chi connectivity index (χ0) is 22.9. The lowest BCUT2D eigenvalue weighted by molar-refractivity contribution is -0.274. The fourth-order valence-corrected chi connectivity index (χ4v) is 5.47. The topological polar surface area (TPSA) is 76.8 Å². The Morgan fingerprint density at radius 3 is 2.53 bits per heavy atom. The minimum atomic E-state index is -4.77. The summed E-state index contributed by atoms with van der Waals surface area (Å²) in [6.45, 7) is 0.221. The molecule has 10 heteroatoms. The molecule has 1 aliphatic heterocycles. The number of halogens is 3. The van der Waals surface area contributed by atoms with Crippen molar-refractivity contribution >= 4 is 26.8 Å². The Morgan fingerprint density at radius 1 is 1.12 bits per heavy atom. The van der Waals surface area contributed by atoms with E-state index in [1.165, 1.54) is 34.6 Å². The Labute approximate surface area is 182 Å². The maximum absolute atomic E-state index is 13.1. The summed E-state index contributed by atoms with van der Waals surface area (Å²) in [5.41, 5.74) is 1.10. The third-order valence-electron chi connectivity index (χ3n) is 5.36. The van der Waals surface area contributed by atoms with Crippen molar-refractivity contribution in [2.24, 2.45) is 0 Å². The van der Waals surface area contributed by atoms with E-state index >= 15 is 0 Å². The van der Waals surface area contributed by atoms with Crippen LogP contribution >= 0.6 is 0 Å². The van der Waals surface area contributed by atoms with Crippen LogP contribution in [0.4, 0.5) is 13.2 Å². The lowest BCUT2D eigenvalue weighted by Gasteiger charge is -2.21. The van der Waals surface area contributed by atoms with Gasteiger partial charge in [0.25, 0.3) is 10.0 Å². The molecule has 170 valence electrons. The molecule has 0 saturated carbocycles. The lowest BCUT2D eigenvalue weighted by atomic mass is 10.0. The van der Waals surface area contributed by atoms with E-state index in [-0.39, 0.29) is 36.0 Å². The molecule has 2 aromatic carbocycles. The van der Waals surface area contributed by atoms with Gasteiger partial charge in [0.15, 0.2) is 5.78 Å². The number of furan rings is 1. The SMILES string of the molecule is O=C(CCc1ccc(OC(F)(F)F)cc1)[C@@H]1CCCN1S(=O)(=O)c1cc2ccccc2o1. The predicted molar refractivity (Wildman–Crippen MR) is 110 cm³/mol. The molecule has 0 N–H and O–H groups in total. The highest BCUT2D eigenvalue weighted by atomic mass is 32.2. The number of ketones is 1. The summed E-state index contributed by atoms with van der Waals surface area (Å²) in [6, 6.07) is 12.9. The first kappa shape index (κ1) is 22.3. The van der Waals surface area contributed by atoms with Crippen molar-refractivity contribution in [2.75, 3.05) is 6.54 Å². The van der Waals surface area contributed by atoms with E-state index in [9.17, 15) is 26.4 Å². The molecule has 6 nitrogen and oxygen atoms in total. The first-order chi connectivity index (χ1) is 15.1. The van der Waals surface area contributed by atoms with Gasteiger partial charge in [0.2, 0.25) is 5.09 Å². The molecule has 1 aliphatic rings. The van der Waals surface area contributed by atoms with Crippen LogP contribution in [0, 0.1) is 0 Å². The molecule has 0 amide bonds. The zero-order valence-corrected chi connectivity index (χ0v) is 17.7. The Hall–Kier alpha value is -2.85. The molecule has 0 radical (unpaired) electrons. The number of alkyl halides is 3. The summed E-state index contributed by atoms with van der Waals surface area (Å²) in [4.78, 5) is 12.8. The lowest BCUT2D eigenvalue weighted by Crippen LogP contribution is -2.40. The number of fused-ring (bicyclic) bond motifs is 1. The van der Waals surface area contributed by atoms with Crippen molar-refractivity contribution in [2.45, 2.75) is 43.2 Å². The van der Waals surface area contributed by atoms with E-state index in [4.69, 9.17) is 4.42 Å². The number of rotatable bonds is 7. The predicted octanol–water partition coefficient (Wildman–Crippen LogP) is 4.69. The van der Waals surface area contributed by atoms with Crippen LogP contribution in [0.1, 0.15) is 24.8 Å². The number of aryl methyl sites for hydroxylation is 1. The molecule has 2 heterocycles. The first-order valence-corrected chi connectivity index (χ1v) is 11.5. The number of carbonyl (C=O) groups is 1. The van der Waals surface area contributed by atoms with E-state index in [1.54, 1.807) is 24.3 Å². The van der Waals surface area contributed by atoms with Crippen molar-refractivity contribution in [3.05, 3.63) is 60.2 Å². The van der Waals surface area contributed by atoms with Gasteiger partial charge < -0.3 is 9.15 Å². The second-order valence-corrected chi connectivity index (χ2v) is 9.36. The van der Waals surface area contributed by atoms with Gasteiger partial charge >= 0.3 is 6.36 Å². The number of carbonyl (C=O) groups excluding carboxylic acids is 1. The Kier molecular flexibility index (Phi) is 6.00. The third-order valence-corrected chi connectivity index (χ3v) is 7.12. The average Bonchev–Trinajstić information content (AvgIpc) is 3.40. The number of nitrogens with zero attached hydrogens (tertiary/aromatic N) is 1. The molecular formula is C22H20F3NO5S. The monoisotopic (exact) mass is 467 g/mol. The molecule has 1 saturated heterocycles. The molecule has 0 bridgehead atoms. The summed E-state index contributed by atoms with van der Waals surface area (Å²) in [5.74, 6) is -0.579. The number of sulfonamides is 1. The van der Waals surface area contributed by atoms with Crippen LogP contribution in [-0.4, -0.2) is 37.5 Å². The standard InChI is InChI=1S/C22H20F3NO5S/c23-22(24,25)31-17-10-7-15(8-11-17)9-12-19(27)18-5-3-13-26(18)32(28,29)21-14-16-4-1-2-6-20(16)30-21/h1-2,4,6-8,10-11,14,18H,3,5,9,12-13H2/t18-/m0/s1. The van der Waals surface area contributed by atoms with Gasteiger partial charge in [-0.1, -0.05) is 30.3 Å². The minimum Gasteiger partial charge on any atom is -0.443 e. The zero-order valence-electron chi connectivity index (χ0n) is 16.8. The molecular weight excluding hydrogens is 447 g/mol. The number of hydrogen-bond acceptors (Lipinski definition) is 5. The van der Waals surface area contributed by atoms with Crippen LogP contribution in [0.2, 0.25) is 0 Å². The summed E-state index contributed by atoms with van der Waals surface area (Å²) in [7, 11) is -3.98. The average molecular weight is 467 g/mol. The molecule has 32 heavy (non-hydrogen) atoms. The van der Waals surface area contributed by atoms with E-state index in [0.29, 0.717) is 29.4 Å². The number of para-hydroxylation sites is 1. The van der Waals surface area contributed by atoms with Gasteiger partial charge in [-0.25, -0.2) is 8.42 Å². The molecule has 1 aromatic heterocycles. The second kappa shape index (κ2) is 8.59. The van der Waals surface area contributed by atoms with Gasteiger partial charge in [0.1, 0.15) is 11.3 Å². The van der Waals surface area contributed by atoms with Crippen molar-refractivity contribution in [3.63, 3.8) is 0 Å². The van der Waals surface area contributed by atoms with E-state index in [0.717, 1.165) is 0 Å². The number of benzene rings is 2. The summed E-state index contributed by atoms with van der Waals surface area (Å²) < 4.78 is 73.5. The number of hydrogen-bond donors (Lipinski definition) is 0. The van der Waals surface area contributed by atoms with Gasteiger partial charge in [-0.2, -0.15) is 4.31 Å². The summed E-state index contributed by atoms with van der Waals surface area (Å²) in [5, 5.41) is 0.463. The van der Waals surface area contributed by atoms with Crippen LogP contribution < -0.4 is 4.74 Å². The van der Waals surface area contributed by atoms with E-state index in [1.807, 2.05) is 0 Å². The molecule has 4 rings (SSSR count). The van der Waals surface area contributed by atoms with Crippen LogP contribution in [0.3, 0.4) is 0 Å². The molecule has 0 spiro atoms. The normalized spacial score (nSPS) is 17.7.